The topological polar surface area (TPSA) is 18.5 Å². The van der Waals surface area contributed by atoms with Gasteiger partial charge in [0.25, 0.3) is 0 Å². The molecule has 1 saturated carbocycles. The molecular formula is C10H18O2. The first-order chi connectivity index (χ1) is 5.79. The van der Waals surface area contributed by atoms with Crippen LogP contribution in [0.3, 0.4) is 0 Å². The van der Waals surface area contributed by atoms with Crippen LogP contribution >= 0.6 is 0 Å². The molecule has 2 heteroatoms. The zero-order valence-electron chi connectivity index (χ0n) is 7.95. The molecule has 0 unspecified atom stereocenters. The van der Waals surface area contributed by atoms with Crippen molar-refractivity contribution in [3.63, 3.8) is 0 Å². The normalized spacial score (nSPS) is 18.6. The van der Waals surface area contributed by atoms with Crippen molar-refractivity contribution in [1.29, 1.82) is 0 Å². The lowest BCUT2D eigenvalue weighted by Gasteiger charge is -2.24. The standard InChI is InChI=1S/C10H18O2/c1-9(2)6-7-11-8-12-10-4-3-5-10/h6-7,9-10H,3-5,8H2,1-2H3. The first-order valence-electron chi connectivity index (χ1n) is 4.69. The summed E-state index contributed by atoms with van der Waals surface area (Å²) in [5.41, 5.74) is 0. The highest BCUT2D eigenvalue weighted by molar-refractivity contribution is 4.76. The van der Waals surface area contributed by atoms with Crippen LogP contribution in [-0.2, 0) is 9.47 Å². The van der Waals surface area contributed by atoms with E-state index in [1.807, 2.05) is 6.08 Å². The van der Waals surface area contributed by atoms with Crippen LogP contribution in [0.4, 0.5) is 0 Å². The molecular weight excluding hydrogens is 152 g/mol. The number of hydrogen-bond acceptors (Lipinski definition) is 2. The SMILES string of the molecule is CC(C)C=COCOC1CCC1. The van der Waals surface area contributed by atoms with Gasteiger partial charge in [0.2, 0.25) is 0 Å². The number of ether oxygens (including phenoxy) is 2. The Kier molecular flexibility index (Phi) is 4.15. The number of rotatable bonds is 5. The molecule has 0 aromatic heterocycles. The molecule has 2 nitrogen and oxygen atoms in total. The van der Waals surface area contributed by atoms with Gasteiger partial charge in [0.1, 0.15) is 0 Å². The lowest BCUT2D eigenvalue weighted by molar-refractivity contribution is -0.0846. The first-order valence-corrected chi connectivity index (χ1v) is 4.69. The van der Waals surface area contributed by atoms with Crippen LogP contribution in [0.15, 0.2) is 12.3 Å². The summed E-state index contributed by atoms with van der Waals surface area (Å²) in [4.78, 5) is 0. The van der Waals surface area contributed by atoms with Gasteiger partial charge in [-0.05, 0) is 31.3 Å². The second-order valence-electron chi connectivity index (χ2n) is 3.58. The van der Waals surface area contributed by atoms with E-state index in [1.165, 1.54) is 19.3 Å². The van der Waals surface area contributed by atoms with Crippen LogP contribution in [0.5, 0.6) is 0 Å². The van der Waals surface area contributed by atoms with Crippen molar-refractivity contribution in [1.82, 2.24) is 0 Å². The van der Waals surface area contributed by atoms with E-state index in [9.17, 15) is 0 Å². The zero-order valence-corrected chi connectivity index (χ0v) is 7.95. The molecule has 1 fully saturated rings. The maximum absolute atomic E-state index is 5.39. The van der Waals surface area contributed by atoms with Crippen LogP contribution in [0.1, 0.15) is 33.1 Å². The summed E-state index contributed by atoms with van der Waals surface area (Å²) in [5.74, 6) is 0.550. The Hall–Kier alpha value is -0.500. The Labute approximate surface area is 74.6 Å². The second-order valence-corrected chi connectivity index (χ2v) is 3.58. The fraction of sp³-hybridized carbons (Fsp3) is 0.800. The first kappa shape index (κ1) is 9.59. The average Bonchev–Trinajstić information content (AvgIpc) is 1.92. The lowest BCUT2D eigenvalue weighted by Crippen LogP contribution is -2.22. The van der Waals surface area contributed by atoms with Crippen molar-refractivity contribution >= 4 is 0 Å². The van der Waals surface area contributed by atoms with E-state index in [2.05, 4.69) is 13.8 Å². The second kappa shape index (κ2) is 5.20. The molecule has 0 aliphatic heterocycles. The Balaban J connectivity index is 1.88. The van der Waals surface area contributed by atoms with E-state index in [4.69, 9.17) is 9.47 Å². The maximum Gasteiger partial charge on any atom is 0.188 e. The summed E-state index contributed by atoms with van der Waals surface area (Å²) < 4.78 is 10.5. The molecule has 12 heavy (non-hydrogen) atoms. The smallest absolute Gasteiger partial charge is 0.188 e. The van der Waals surface area contributed by atoms with Crippen molar-refractivity contribution in [3.05, 3.63) is 12.3 Å². The fourth-order valence-electron chi connectivity index (χ4n) is 0.925. The molecule has 0 saturated heterocycles. The third-order valence-corrected chi connectivity index (χ3v) is 1.98. The highest BCUT2D eigenvalue weighted by Gasteiger charge is 2.17. The summed E-state index contributed by atoms with van der Waals surface area (Å²) in [6.45, 7) is 4.65. The molecule has 0 aromatic carbocycles. The minimum atomic E-state index is 0.411. The van der Waals surface area contributed by atoms with Crippen LogP contribution in [0.2, 0.25) is 0 Å². The molecule has 0 radical (unpaired) electrons. The van der Waals surface area contributed by atoms with Gasteiger partial charge in [0, 0.05) is 0 Å². The number of hydrogen-bond donors (Lipinski definition) is 0. The molecule has 0 atom stereocenters. The third-order valence-electron chi connectivity index (χ3n) is 1.98. The maximum atomic E-state index is 5.39. The van der Waals surface area contributed by atoms with Gasteiger partial charge in [-0.25, -0.2) is 0 Å². The molecule has 0 amide bonds. The molecule has 0 heterocycles. The zero-order chi connectivity index (χ0) is 8.81. The average molecular weight is 170 g/mol. The number of allylic oxidation sites excluding steroid dienone is 1. The van der Waals surface area contributed by atoms with Crippen LogP contribution in [0.25, 0.3) is 0 Å². The van der Waals surface area contributed by atoms with E-state index in [1.54, 1.807) is 6.26 Å². The predicted molar refractivity (Wildman–Crippen MR) is 48.7 cm³/mol. The summed E-state index contributed by atoms with van der Waals surface area (Å²) in [6, 6.07) is 0. The fourth-order valence-corrected chi connectivity index (χ4v) is 0.925. The Bertz CT molecular complexity index is 137. The van der Waals surface area contributed by atoms with Gasteiger partial charge in [-0.2, -0.15) is 0 Å². The van der Waals surface area contributed by atoms with E-state index in [-0.39, 0.29) is 0 Å². The molecule has 1 aliphatic rings. The summed E-state index contributed by atoms with van der Waals surface area (Å²) in [7, 11) is 0. The largest absolute Gasteiger partial charge is 0.475 e. The highest BCUT2D eigenvalue weighted by atomic mass is 16.7. The Morgan fingerprint density at radius 1 is 1.42 bits per heavy atom. The summed E-state index contributed by atoms with van der Waals surface area (Å²) in [5, 5.41) is 0. The van der Waals surface area contributed by atoms with E-state index >= 15 is 0 Å². The van der Waals surface area contributed by atoms with Gasteiger partial charge in [-0.3, -0.25) is 0 Å². The molecule has 0 bridgehead atoms. The Morgan fingerprint density at radius 2 is 2.17 bits per heavy atom. The van der Waals surface area contributed by atoms with Crippen molar-refractivity contribution in [2.75, 3.05) is 6.79 Å². The van der Waals surface area contributed by atoms with Crippen molar-refractivity contribution in [2.24, 2.45) is 5.92 Å². The summed E-state index contributed by atoms with van der Waals surface area (Å²) >= 11 is 0. The minimum Gasteiger partial charge on any atom is -0.475 e. The van der Waals surface area contributed by atoms with Gasteiger partial charge in [-0.15, -0.1) is 0 Å². The van der Waals surface area contributed by atoms with Crippen LogP contribution in [-0.4, -0.2) is 12.9 Å². The predicted octanol–water partition coefficient (Wildman–Crippen LogP) is 2.70. The van der Waals surface area contributed by atoms with Gasteiger partial charge in [0.05, 0.1) is 12.4 Å². The van der Waals surface area contributed by atoms with E-state index in [0.717, 1.165) is 0 Å². The van der Waals surface area contributed by atoms with Crippen molar-refractivity contribution < 1.29 is 9.47 Å². The monoisotopic (exact) mass is 170 g/mol. The van der Waals surface area contributed by atoms with Crippen molar-refractivity contribution in [3.8, 4) is 0 Å². The van der Waals surface area contributed by atoms with Gasteiger partial charge < -0.3 is 9.47 Å². The Morgan fingerprint density at radius 3 is 2.67 bits per heavy atom. The minimum absolute atomic E-state index is 0.411. The molecule has 0 aromatic rings. The van der Waals surface area contributed by atoms with E-state index in [0.29, 0.717) is 18.8 Å². The third kappa shape index (κ3) is 3.77. The molecule has 1 aliphatic carbocycles. The van der Waals surface area contributed by atoms with Gasteiger partial charge in [0.15, 0.2) is 6.79 Å². The van der Waals surface area contributed by atoms with Gasteiger partial charge >= 0.3 is 0 Å². The quantitative estimate of drug-likeness (QED) is 0.359. The highest BCUT2D eigenvalue weighted by Crippen LogP contribution is 2.21. The van der Waals surface area contributed by atoms with E-state index < -0.39 is 0 Å². The van der Waals surface area contributed by atoms with Crippen LogP contribution in [0, 0.1) is 5.92 Å². The van der Waals surface area contributed by atoms with Crippen molar-refractivity contribution in [2.45, 2.75) is 39.2 Å². The molecule has 1 rings (SSSR count). The molecule has 0 spiro atoms. The molecule has 70 valence electrons. The summed E-state index contributed by atoms with van der Waals surface area (Å²) in [6.07, 6.45) is 7.94. The lowest BCUT2D eigenvalue weighted by atomic mass is 9.96. The van der Waals surface area contributed by atoms with Crippen LogP contribution < -0.4 is 0 Å². The van der Waals surface area contributed by atoms with Gasteiger partial charge in [-0.1, -0.05) is 13.8 Å². The molecule has 0 N–H and O–H groups in total.